The number of hydrogen-bond donors (Lipinski definition) is 11. The number of methoxy groups -OCH3 is 1. The molecule has 3 aliphatic heterocycles. The summed E-state index contributed by atoms with van der Waals surface area (Å²) in [6.07, 6.45) is -14.2. The van der Waals surface area contributed by atoms with Crippen molar-refractivity contribution in [2.45, 2.75) is 67.5 Å². The minimum absolute atomic E-state index is 0.0115. The van der Waals surface area contributed by atoms with E-state index in [1.54, 1.807) is 0 Å². The summed E-state index contributed by atoms with van der Waals surface area (Å²) in [4.78, 5) is 116. The lowest BCUT2D eigenvalue weighted by atomic mass is 9.98. The number of urea groups is 1. The first-order chi connectivity index (χ1) is 36.5. The first-order valence-electron chi connectivity index (χ1n) is 22.3. The van der Waals surface area contributed by atoms with Gasteiger partial charge in [-0.3, -0.25) is 46.9 Å². The molecular weight excluding hydrogens is 1140 g/mol. The number of nitrogen functional groups attached to an aromatic ring is 2. The normalized spacial score (nSPS) is 29.5. The monoisotopic (exact) mass is 1190 g/mol. The summed E-state index contributed by atoms with van der Waals surface area (Å²) in [7, 11) is -18.5. The first-order valence-corrected chi connectivity index (χ1v) is 28.3. The standard InChI is InChI=1S/C35H50N14O25P4/c1-45(2)34(55)38-7-14-15(69-30(21(14)51)49-13-46(3)20-28(49)43-33(37)44-29(20)54)8-67-76(59,60)73-78(63,64)74-77(61,62)68-10-17-24(25(65-4)32(71-17)48-12-41-19-26(36)39-11-40-27(19)48)72-75(57,58)66-9-16-22(52)23(53)31(70-16)47-6-5-18(50)42-35(47)56/h5-6,11-17,21-25,30-32,51-53H,7-10H2,1-4H3,(H10-,36,37,38,39,40,42,43,44,50,54,55,56,57,58,59,60,61,62,63,64)/t14-,15-,16-,17-,21-,22-,23-,24-,25-,30-,31-,32-/m1/s1. The number of nitrogens with zero attached hydrogens (tertiary/aromatic N) is 9. The predicted molar refractivity (Wildman–Crippen MR) is 250 cm³/mol. The van der Waals surface area contributed by atoms with Crippen LogP contribution in [0.5, 0.6) is 0 Å². The van der Waals surface area contributed by atoms with E-state index in [1.807, 2.05) is 4.98 Å². The average molecular weight is 1190 g/mol. The van der Waals surface area contributed by atoms with Crippen LogP contribution in [0.2, 0.25) is 0 Å². The Morgan fingerprint density at radius 2 is 1.51 bits per heavy atom. The summed E-state index contributed by atoms with van der Waals surface area (Å²) >= 11 is 0. The summed E-state index contributed by atoms with van der Waals surface area (Å²) in [6, 6.07) is 0.269. The van der Waals surface area contributed by atoms with Crippen LogP contribution < -0.4 is 43.1 Å². The van der Waals surface area contributed by atoms with Crippen molar-refractivity contribution in [1.82, 2.24) is 53.8 Å². The van der Waals surface area contributed by atoms with Crippen molar-refractivity contribution in [2.24, 2.45) is 13.0 Å². The number of nitrogens with two attached hydrogens (primary N) is 2. The molecule has 43 heteroatoms. The number of aliphatic hydroxyl groups is 3. The summed E-state index contributed by atoms with van der Waals surface area (Å²) in [5, 5.41) is 35.3. The van der Waals surface area contributed by atoms with E-state index in [0.717, 1.165) is 36.9 Å². The third kappa shape index (κ3) is 12.7. The van der Waals surface area contributed by atoms with E-state index in [2.05, 4.69) is 38.9 Å². The molecule has 3 saturated heterocycles. The zero-order valence-electron chi connectivity index (χ0n) is 40.6. The van der Waals surface area contributed by atoms with Gasteiger partial charge in [0.25, 0.3) is 24.9 Å². The van der Waals surface area contributed by atoms with Gasteiger partial charge in [-0.05, 0) is 0 Å². The molecule has 16 atom stereocenters. The van der Waals surface area contributed by atoms with Gasteiger partial charge in [-0.2, -0.15) is 8.62 Å². The van der Waals surface area contributed by atoms with Gasteiger partial charge in [-0.25, -0.2) is 42.8 Å². The lowest BCUT2D eigenvalue weighted by Crippen LogP contribution is -2.47. The number of anilines is 2. The van der Waals surface area contributed by atoms with Crippen LogP contribution >= 0.6 is 31.3 Å². The van der Waals surface area contributed by atoms with Crippen LogP contribution in [-0.4, -0.2) is 181 Å². The maximum Gasteiger partial charge on any atom is 0.490 e. The number of aliphatic hydroxyl groups excluding tert-OH is 3. The molecule has 0 spiro atoms. The molecule has 13 N–H and O–H groups in total. The fourth-order valence-corrected chi connectivity index (χ4v) is 12.9. The summed E-state index contributed by atoms with van der Waals surface area (Å²) < 4.78 is 109. The third-order valence-corrected chi connectivity index (χ3v) is 17.2. The highest BCUT2D eigenvalue weighted by atomic mass is 31.3. The van der Waals surface area contributed by atoms with Crippen LogP contribution in [0.3, 0.4) is 0 Å². The second kappa shape index (κ2) is 22.7. The van der Waals surface area contributed by atoms with E-state index in [1.165, 1.54) is 41.2 Å². The number of carbonyl (C=O) groups excluding carboxylic acids is 1. The Kier molecular flexibility index (Phi) is 17.1. The van der Waals surface area contributed by atoms with Crippen molar-refractivity contribution >= 4 is 71.4 Å². The fourth-order valence-electron chi connectivity index (χ4n) is 8.48. The van der Waals surface area contributed by atoms with Gasteiger partial charge in [0.1, 0.15) is 54.6 Å². The van der Waals surface area contributed by atoms with E-state index in [9.17, 15) is 72.3 Å². The van der Waals surface area contributed by atoms with Gasteiger partial charge in [0.2, 0.25) is 11.7 Å². The topological polar surface area (TPSA) is 542 Å². The molecule has 0 radical (unpaired) electrons. The summed E-state index contributed by atoms with van der Waals surface area (Å²) in [5.41, 5.74) is 9.09. The quantitative estimate of drug-likeness (QED) is 0.0242. The molecule has 430 valence electrons. The van der Waals surface area contributed by atoms with Gasteiger partial charge < -0.3 is 84.6 Å². The van der Waals surface area contributed by atoms with E-state index < -0.39 is 147 Å². The molecule has 0 saturated carbocycles. The van der Waals surface area contributed by atoms with Crippen LogP contribution in [0.4, 0.5) is 16.6 Å². The fraction of sp³-hybridized carbons (Fsp3) is 0.571. The van der Waals surface area contributed by atoms with Crippen molar-refractivity contribution in [3.05, 3.63) is 62.4 Å². The van der Waals surface area contributed by atoms with E-state index >= 15 is 0 Å². The Labute approximate surface area is 434 Å². The van der Waals surface area contributed by atoms with Gasteiger partial charge in [-0.15, -0.1) is 0 Å². The molecule has 2 amide bonds. The molecule has 3 aliphatic rings. The SMILES string of the molecule is CO[C@@H]1[C@H](OP(=O)([O-])OC[C@H]2O[C@@H](n3ccc(=O)[nH]c3=O)[C@H](O)[C@@H]2O)[C@@H](COP(=O)(O)OP(=O)(O)OP(=O)(O)OC[C@H]2O[C@@H]([n+]3cn(C)c4c(=O)[nH]c(N)nc43)[C@H](O)[C@@H]2CNC(=O)N(C)C)O[C@H]1n1cnc2c(N)ncnc21. The number of aryl methyl sites for hydroxylation is 1. The maximum absolute atomic E-state index is 13.5. The number of ether oxygens (including phenoxy) is 4. The van der Waals surface area contributed by atoms with E-state index in [4.69, 9.17) is 48.5 Å². The molecule has 8 heterocycles. The molecule has 5 aromatic heterocycles. The van der Waals surface area contributed by atoms with Crippen molar-refractivity contribution in [3.63, 3.8) is 0 Å². The minimum Gasteiger partial charge on any atom is -0.756 e. The highest BCUT2D eigenvalue weighted by molar-refractivity contribution is 7.66. The van der Waals surface area contributed by atoms with Crippen LogP contribution in [0.15, 0.2) is 45.6 Å². The number of H-pyrrole nitrogens is 2. The second-order valence-corrected chi connectivity index (χ2v) is 23.4. The Hall–Kier alpha value is -5.31. The van der Waals surface area contributed by atoms with Gasteiger partial charge in [0.15, 0.2) is 30.2 Å². The molecule has 0 aromatic carbocycles. The molecule has 4 unspecified atom stereocenters. The van der Waals surface area contributed by atoms with Gasteiger partial charge >= 0.3 is 40.8 Å². The Balaban J connectivity index is 0.950. The molecule has 0 bridgehead atoms. The molecule has 78 heavy (non-hydrogen) atoms. The van der Waals surface area contributed by atoms with Gasteiger partial charge in [0.05, 0.1) is 39.3 Å². The van der Waals surface area contributed by atoms with Crippen LogP contribution in [-0.2, 0) is 71.0 Å². The molecule has 39 nitrogen and oxygen atoms in total. The number of rotatable bonds is 21. The van der Waals surface area contributed by atoms with Crippen LogP contribution in [0, 0.1) is 5.92 Å². The largest absolute Gasteiger partial charge is 0.756 e. The number of phosphoric ester groups is 3. The number of phosphoric acid groups is 4. The van der Waals surface area contributed by atoms with E-state index in [0.29, 0.717) is 4.57 Å². The Bertz CT molecular complexity index is 3430. The smallest absolute Gasteiger partial charge is 0.490 e. The Morgan fingerprint density at radius 3 is 2.17 bits per heavy atom. The molecule has 8 rings (SSSR count). The average Bonchev–Trinajstić information content (AvgIpc) is 4.17. The number of nitrogens with one attached hydrogen (secondary N) is 3. The zero-order chi connectivity index (χ0) is 57.0. The number of fused-ring (bicyclic) bond motifs is 2. The van der Waals surface area contributed by atoms with Gasteiger partial charge in [0, 0.05) is 45.9 Å². The number of aromatic amines is 2. The summed E-state index contributed by atoms with van der Waals surface area (Å²) in [5.74, 6) is -1.61. The first kappa shape index (κ1) is 58.8. The lowest BCUT2D eigenvalue weighted by molar-refractivity contribution is -0.745. The van der Waals surface area contributed by atoms with Crippen molar-refractivity contribution in [1.29, 1.82) is 0 Å². The van der Waals surface area contributed by atoms with Crippen molar-refractivity contribution in [2.75, 3.05) is 59.0 Å². The highest BCUT2D eigenvalue weighted by Crippen LogP contribution is 2.68. The number of carbonyl (C=O) groups is 1. The number of hydrogen-bond acceptors (Lipinski definition) is 28. The lowest BCUT2D eigenvalue weighted by Gasteiger charge is -2.31. The zero-order valence-corrected chi connectivity index (χ0v) is 44.1. The van der Waals surface area contributed by atoms with Crippen molar-refractivity contribution in [3.8, 4) is 0 Å². The number of amides is 2. The molecule has 3 fully saturated rings. The molecule has 0 aliphatic carbocycles. The third-order valence-electron chi connectivity index (χ3n) is 12.0. The number of aromatic nitrogens is 10. The number of imidazole rings is 2. The van der Waals surface area contributed by atoms with Crippen LogP contribution in [0.25, 0.3) is 22.3 Å². The minimum atomic E-state index is -6.25. The molecular formula is C35H50N14O25P4. The van der Waals surface area contributed by atoms with Crippen molar-refractivity contribution < 1.29 is 108 Å². The van der Waals surface area contributed by atoms with E-state index in [-0.39, 0.29) is 40.6 Å². The van der Waals surface area contributed by atoms with Crippen LogP contribution in [0.1, 0.15) is 18.7 Å². The molecule has 5 aromatic rings. The predicted octanol–water partition coefficient (Wildman–Crippen LogP) is -4.98. The van der Waals surface area contributed by atoms with Gasteiger partial charge in [-0.1, -0.05) is 4.98 Å². The highest BCUT2D eigenvalue weighted by Gasteiger charge is 2.53. The Morgan fingerprint density at radius 1 is 0.859 bits per heavy atom. The maximum atomic E-state index is 13.5. The summed E-state index contributed by atoms with van der Waals surface area (Å²) in [6.45, 7) is -3.83. The second-order valence-electron chi connectivity index (χ2n) is 17.4.